The van der Waals surface area contributed by atoms with Crippen LogP contribution in [0.2, 0.25) is 0 Å². The minimum atomic E-state index is 0.696. The van der Waals surface area contributed by atoms with Gasteiger partial charge in [0.05, 0.1) is 6.20 Å². The van der Waals surface area contributed by atoms with E-state index in [1.165, 1.54) is 0 Å². The first-order valence-corrected chi connectivity index (χ1v) is 5.89. The summed E-state index contributed by atoms with van der Waals surface area (Å²) < 4.78 is 0. The van der Waals surface area contributed by atoms with Crippen LogP contribution in [0, 0.1) is 0 Å². The highest BCUT2D eigenvalue weighted by molar-refractivity contribution is 5.49. The highest BCUT2D eigenvalue weighted by Gasteiger charge is 1.93. The Balaban J connectivity index is 0.000000581. The summed E-state index contributed by atoms with van der Waals surface area (Å²) in [6, 6.07) is 5.64. The zero-order valence-corrected chi connectivity index (χ0v) is 10.9. The van der Waals surface area contributed by atoms with Gasteiger partial charge in [0.1, 0.15) is 11.6 Å². The lowest BCUT2D eigenvalue weighted by molar-refractivity contribution is 1.18. The molecule has 2 aromatic rings. The van der Waals surface area contributed by atoms with Crippen LogP contribution in [-0.2, 0) is 0 Å². The van der Waals surface area contributed by atoms with Crippen LogP contribution in [0.5, 0.6) is 0 Å². The minimum absolute atomic E-state index is 0.696. The molecule has 0 radical (unpaired) electrons. The lowest BCUT2D eigenvalue weighted by Gasteiger charge is -2.01. The molecule has 17 heavy (non-hydrogen) atoms. The van der Waals surface area contributed by atoms with Gasteiger partial charge in [-0.2, -0.15) is 0 Å². The summed E-state index contributed by atoms with van der Waals surface area (Å²) in [6.45, 7) is 8.00. The molecule has 2 aromatic heterocycles. The van der Waals surface area contributed by atoms with Crippen LogP contribution in [0.3, 0.4) is 0 Å². The van der Waals surface area contributed by atoms with Crippen molar-refractivity contribution in [1.29, 1.82) is 0 Å². The molecule has 0 amide bonds. The van der Waals surface area contributed by atoms with E-state index in [0.29, 0.717) is 5.82 Å². The Morgan fingerprint density at radius 3 is 2.06 bits per heavy atom. The summed E-state index contributed by atoms with van der Waals surface area (Å²) in [5, 5.41) is 3.02. The molecule has 0 spiro atoms. The smallest absolute Gasteiger partial charge is 0.150 e. The molecule has 0 bridgehead atoms. The molecule has 4 nitrogen and oxygen atoms in total. The monoisotopic (exact) mass is 232 g/mol. The Morgan fingerprint density at radius 1 is 0.824 bits per heavy atom. The molecule has 2 heterocycles. The summed E-state index contributed by atoms with van der Waals surface area (Å²) in [4.78, 5) is 12.1. The van der Waals surface area contributed by atoms with E-state index in [1.807, 2.05) is 45.9 Å². The zero-order valence-electron chi connectivity index (χ0n) is 10.9. The lowest BCUT2D eigenvalue weighted by atomic mass is 10.4. The average molecular weight is 232 g/mol. The molecule has 0 saturated heterocycles. The van der Waals surface area contributed by atoms with Crippen LogP contribution in [0.4, 0.5) is 11.6 Å². The number of pyridine rings is 1. The molecular weight excluding hydrogens is 212 g/mol. The van der Waals surface area contributed by atoms with Crippen molar-refractivity contribution in [2.45, 2.75) is 27.7 Å². The summed E-state index contributed by atoms with van der Waals surface area (Å²) >= 11 is 0. The molecule has 0 saturated carbocycles. The largest absolute Gasteiger partial charge is 0.324 e. The van der Waals surface area contributed by atoms with Crippen molar-refractivity contribution < 1.29 is 0 Å². The van der Waals surface area contributed by atoms with Gasteiger partial charge in [-0.15, -0.1) is 0 Å². The zero-order chi connectivity index (χ0) is 12.9. The van der Waals surface area contributed by atoms with Gasteiger partial charge >= 0.3 is 0 Å². The van der Waals surface area contributed by atoms with Crippen molar-refractivity contribution in [3.8, 4) is 0 Å². The first kappa shape index (κ1) is 15.0. The van der Waals surface area contributed by atoms with Gasteiger partial charge in [0, 0.05) is 18.6 Å². The molecule has 2 rings (SSSR count). The number of nitrogens with one attached hydrogen (secondary N) is 1. The molecule has 1 N–H and O–H groups in total. The second kappa shape index (κ2) is 10.5. The Hall–Kier alpha value is -1.97. The van der Waals surface area contributed by atoms with Crippen molar-refractivity contribution in [1.82, 2.24) is 15.0 Å². The second-order valence-corrected chi connectivity index (χ2v) is 2.43. The van der Waals surface area contributed by atoms with Crippen LogP contribution in [0.15, 0.2) is 43.0 Å². The van der Waals surface area contributed by atoms with E-state index in [-0.39, 0.29) is 0 Å². The predicted octanol–water partition coefficient (Wildman–Crippen LogP) is 3.67. The maximum atomic E-state index is 4.10. The van der Waals surface area contributed by atoms with Crippen LogP contribution >= 0.6 is 0 Å². The highest BCUT2D eigenvalue weighted by Crippen LogP contribution is 2.07. The number of hydrogen-bond acceptors (Lipinski definition) is 4. The third-order valence-corrected chi connectivity index (χ3v) is 1.48. The van der Waals surface area contributed by atoms with Crippen molar-refractivity contribution in [2.75, 3.05) is 5.32 Å². The van der Waals surface area contributed by atoms with Gasteiger partial charge in [0.2, 0.25) is 0 Å². The van der Waals surface area contributed by atoms with E-state index in [1.54, 1.807) is 24.8 Å². The van der Waals surface area contributed by atoms with E-state index >= 15 is 0 Å². The van der Waals surface area contributed by atoms with Crippen molar-refractivity contribution in [3.05, 3.63) is 43.0 Å². The van der Waals surface area contributed by atoms with Crippen molar-refractivity contribution in [3.63, 3.8) is 0 Å². The van der Waals surface area contributed by atoms with Gasteiger partial charge in [0.25, 0.3) is 0 Å². The lowest BCUT2D eigenvalue weighted by Crippen LogP contribution is -1.94. The third-order valence-electron chi connectivity index (χ3n) is 1.48. The fraction of sp³-hybridized carbons (Fsp3) is 0.308. The summed E-state index contributed by atoms with van der Waals surface area (Å²) in [5.74, 6) is 1.46. The van der Waals surface area contributed by atoms with E-state index in [9.17, 15) is 0 Å². The predicted molar refractivity (Wildman–Crippen MR) is 72.2 cm³/mol. The second-order valence-electron chi connectivity index (χ2n) is 2.43. The molecule has 4 heteroatoms. The Morgan fingerprint density at radius 2 is 1.53 bits per heavy atom. The van der Waals surface area contributed by atoms with E-state index < -0.39 is 0 Å². The van der Waals surface area contributed by atoms with Gasteiger partial charge in [-0.25, -0.2) is 9.97 Å². The molecule has 92 valence electrons. The standard InChI is InChI=1S/C9H8N4.2C2H6/c1-2-4-11-8(3-1)13-9-7-10-5-6-12-9;2*1-2/h1-7H,(H,11,12,13);2*1-2H3. The number of rotatable bonds is 2. The van der Waals surface area contributed by atoms with Gasteiger partial charge in [-0.3, -0.25) is 4.98 Å². The van der Waals surface area contributed by atoms with Crippen LogP contribution in [0.1, 0.15) is 27.7 Å². The number of nitrogens with zero attached hydrogens (tertiary/aromatic N) is 3. The minimum Gasteiger partial charge on any atom is -0.324 e. The molecule has 0 aliphatic carbocycles. The normalized spacial score (nSPS) is 8.00. The van der Waals surface area contributed by atoms with Gasteiger partial charge in [0.15, 0.2) is 0 Å². The SMILES string of the molecule is CC.CC.c1ccc(Nc2cnccn2)nc1. The highest BCUT2D eigenvalue weighted by atomic mass is 15.1. The maximum absolute atomic E-state index is 4.10. The first-order valence-electron chi connectivity index (χ1n) is 5.89. The van der Waals surface area contributed by atoms with Crippen molar-refractivity contribution in [2.24, 2.45) is 0 Å². The van der Waals surface area contributed by atoms with Crippen LogP contribution in [0.25, 0.3) is 0 Å². The van der Waals surface area contributed by atoms with Crippen molar-refractivity contribution >= 4 is 11.6 Å². The Bertz CT molecular complexity index is 324. The fourth-order valence-electron chi connectivity index (χ4n) is 0.932. The molecule has 0 unspecified atom stereocenters. The maximum Gasteiger partial charge on any atom is 0.150 e. The average Bonchev–Trinajstić information content (AvgIpc) is 2.45. The molecule has 0 fully saturated rings. The van der Waals surface area contributed by atoms with Gasteiger partial charge < -0.3 is 5.32 Å². The third kappa shape index (κ3) is 6.25. The van der Waals surface area contributed by atoms with E-state index in [4.69, 9.17) is 0 Å². The topological polar surface area (TPSA) is 50.7 Å². The van der Waals surface area contributed by atoms with Crippen LogP contribution < -0.4 is 5.32 Å². The molecule has 0 atom stereocenters. The Kier molecular flexibility index (Phi) is 9.32. The molecule has 0 aliphatic heterocycles. The summed E-state index contributed by atoms with van der Waals surface area (Å²) in [5.41, 5.74) is 0. The number of anilines is 2. The molecular formula is C13H20N4. The van der Waals surface area contributed by atoms with Gasteiger partial charge in [-0.1, -0.05) is 33.8 Å². The summed E-state index contributed by atoms with van der Waals surface area (Å²) in [7, 11) is 0. The molecule has 0 aromatic carbocycles. The van der Waals surface area contributed by atoms with E-state index in [2.05, 4.69) is 20.3 Å². The van der Waals surface area contributed by atoms with E-state index in [0.717, 1.165) is 5.82 Å². The number of hydrogen-bond donors (Lipinski definition) is 1. The van der Waals surface area contributed by atoms with Gasteiger partial charge in [-0.05, 0) is 12.1 Å². The number of aromatic nitrogens is 3. The first-order chi connectivity index (χ1) is 8.45. The van der Waals surface area contributed by atoms with Crippen LogP contribution in [-0.4, -0.2) is 15.0 Å². The Labute approximate surface area is 103 Å². The fourth-order valence-corrected chi connectivity index (χ4v) is 0.932. The molecule has 0 aliphatic rings. The quantitative estimate of drug-likeness (QED) is 0.858. The summed E-state index contributed by atoms with van der Waals surface area (Å²) in [6.07, 6.45) is 6.63.